The van der Waals surface area contributed by atoms with Crippen molar-refractivity contribution >= 4 is 11.6 Å². The molecular formula is C13H11F5N2O3. The number of benzene rings is 1. The normalized spacial score (nSPS) is 21.6. The molecule has 1 aromatic rings. The Morgan fingerprint density at radius 3 is 2.39 bits per heavy atom. The summed E-state index contributed by atoms with van der Waals surface area (Å²) in [6, 6.07) is 4.00. The number of rotatable bonds is 3. The van der Waals surface area contributed by atoms with Crippen molar-refractivity contribution in [2.45, 2.75) is 31.9 Å². The Morgan fingerprint density at radius 1 is 1.35 bits per heavy atom. The molecule has 10 heteroatoms. The van der Waals surface area contributed by atoms with Gasteiger partial charge in [0.1, 0.15) is 5.75 Å². The number of carbonyl (C=O) groups is 1. The van der Waals surface area contributed by atoms with E-state index in [9.17, 15) is 31.9 Å². The van der Waals surface area contributed by atoms with E-state index in [1.807, 2.05) is 0 Å². The summed E-state index contributed by atoms with van der Waals surface area (Å²) in [5.74, 6) is -1.48. The number of alkyl halides is 5. The van der Waals surface area contributed by atoms with Gasteiger partial charge in [0.2, 0.25) is 0 Å². The Kier molecular flexibility index (Phi) is 4.29. The highest BCUT2D eigenvalue weighted by Crippen LogP contribution is 2.40. The summed E-state index contributed by atoms with van der Waals surface area (Å²) >= 11 is 0. The maximum Gasteiger partial charge on any atom is 0.438 e. The molecule has 1 atom stereocenters. The van der Waals surface area contributed by atoms with Crippen molar-refractivity contribution in [2.75, 3.05) is 0 Å². The summed E-state index contributed by atoms with van der Waals surface area (Å²) < 4.78 is 67.2. The molecule has 0 aliphatic carbocycles. The Hall–Kier alpha value is -2.23. The van der Waals surface area contributed by atoms with Crippen LogP contribution < -0.4 is 4.74 Å². The highest BCUT2D eigenvalue weighted by Gasteiger charge is 2.62. The van der Waals surface area contributed by atoms with Crippen molar-refractivity contribution < 1.29 is 36.6 Å². The number of hydrogen-bond acceptors (Lipinski definition) is 4. The smallest absolute Gasteiger partial charge is 0.435 e. The van der Waals surface area contributed by atoms with Crippen LogP contribution in [0.4, 0.5) is 22.0 Å². The van der Waals surface area contributed by atoms with Crippen LogP contribution in [0.5, 0.6) is 5.75 Å². The summed E-state index contributed by atoms with van der Waals surface area (Å²) in [5, 5.41) is 13.2. The zero-order valence-electron chi connectivity index (χ0n) is 11.6. The van der Waals surface area contributed by atoms with Crippen LogP contribution in [0.15, 0.2) is 29.4 Å². The van der Waals surface area contributed by atoms with E-state index in [1.165, 1.54) is 6.92 Å². The molecule has 1 amide bonds. The second-order valence-electron chi connectivity index (χ2n) is 4.85. The zero-order chi connectivity index (χ0) is 17.4. The average Bonchev–Trinajstić information content (AvgIpc) is 2.74. The Balaban J connectivity index is 2.28. The van der Waals surface area contributed by atoms with Crippen molar-refractivity contribution in [3.8, 4) is 5.75 Å². The van der Waals surface area contributed by atoms with Crippen LogP contribution in [0.1, 0.15) is 23.7 Å². The summed E-state index contributed by atoms with van der Waals surface area (Å²) in [4.78, 5) is 12.2. The number of aliphatic hydroxyl groups is 1. The molecule has 1 heterocycles. The van der Waals surface area contributed by atoms with Gasteiger partial charge in [0, 0.05) is 17.7 Å². The molecule has 1 aliphatic heterocycles. The predicted octanol–water partition coefficient (Wildman–Crippen LogP) is 2.76. The van der Waals surface area contributed by atoms with Gasteiger partial charge in [-0.1, -0.05) is 0 Å². The van der Waals surface area contributed by atoms with Crippen molar-refractivity contribution in [1.82, 2.24) is 5.01 Å². The highest BCUT2D eigenvalue weighted by atomic mass is 19.4. The van der Waals surface area contributed by atoms with Crippen LogP contribution in [0.2, 0.25) is 0 Å². The second-order valence-corrected chi connectivity index (χ2v) is 4.85. The Bertz CT molecular complexity index is 629. The first-order chi connectivity index (χ1) is 10.5. The first-order valence-electron chi connectivity index (χ1n) is 6.27. The third-order valence-corrected chi connectivity index (χ3v) is 3.10. The predicted molar refractivity (Wildman–Crippen MR) is 68.0 cm³/mol. The number of ether oxygens (including phenoxy) is 1. The van der Waals surface area contributed by atoms with Crippen LogP contribution in [0, 0.1) is 0 Å². The molecule has 0 saturated carbocycles. The van der Waals surface area contributed by atoms with Crippen molar-refractivity contribution in [3.05, 3.63) is 29.8 Å². The number of hydrazone groups is 1. The number of nitrogens with zero attached hydrogens (tertiary/aromatic N) is 2. The number of carbonyl (C=O) groups excluding carboxylic acids is 1. The SMILES string of the molecule is CC1=NN(C(=O)c2ccc(OC(F)F)cc2)C(O)(C(F)(F)F)C1. The molecule has 0 spiro atoms. The molecule has 2 rings (SSSR count). The lowest BCUT2D eigenvalue weighted by molar-refractivity contribution is -0.297. The Morgan fingerprint density at radius 2 is 1.91 bits per heavy atom. The van der Waals surface area contributed by atoms with Gasteiger partial charge in [-0.05, 0) is 31.2 Å². The van der Waals surface area contributed by atoms with E-state index in [0.717, 1.165) is 24.3 Å². The first kappa shape index (κ1) is 17.1. The second kappa shape index (κ2) is 5.76. The van der Waals surface area contributed by atoms with Crippen LogP contribution in [0.25, 0.3) is 0 Å². The van der Waals surface area contributed by atoms with Gasteiger partial charge in [-0.25, -0.2) is 0 Å². The molecule has 0 saturated heterocycles. The van der Waals surface area contributed by atoms with Crippen molar-refractivity contribution in [2.24, 2.45) is 5.10 Å². The molecule has 1 aliphatic rings. The number of hydrogen-bond donors (Lipinski definition) is 1. The largest absolute Gasteiger partial charge is 0.438 e. The molecule has 0 aromatic heterocycles. The van der Waals surface area contributed by atoms with E-state index in [1.54, 1.807) is 0 Å². The first-order valence-corrected chi connectivity index (χ1v) is 6.27. The molecule has 5 nitrogen and oxygen atoms in total. The van der Waals surface area contributed by atoms with E-state index in [2.05, 4.69) is 9.84 Å². The van der Waals surface area contributed by atoms with Crippen molar-refractivity contribution in [3.63, 3.8) is 0 Å². The third-order valence-electron chi connectivity index (χ3n) is 3.10. The monoisotopic (exact) mass is 338 g/mol. The Labute approximate surface area is 127 Å². The fraction of sp³-hybridized carbons (Fsp3) is 0.385. The van der Waals surface area contributed by atoms with Gasteiger partial charge in [-0.3, -0.25) is 4.79 Å². The maximum absolute atomic E-state index is 13.0. The number of halogens is 5. The molecule has 1 aromatic carbocycles. The van der Waals surface area contributed by atoms with Gasteiger partial charge in [0.25, 0.3) is 11.6 Å². The van der Waals surface area contributed by atoms with Crippen LogP contribution in [-0.2, 0) is 0 Å². The lowest BCUT2D eigenvalue weighted by Crippen LogP contribution is -2.56. The van der Waals surface area contributed by atoms with Gasteiger partial charge in [0.15, 0.2) is 0 Å². The lowest BCUT2D eigenvalue weighted by atomic mass is 10.1. The molecular weight excluding hydrogens is 327 g/mol. The minimum Gasteiger partial charge on any atom is -0.435 e. The van der Waals surface area contributed by atoms with Gasteiger partial charge in [0.05, 0.1) is 0 Å². The summed E-state index contributed by atoms with van der Waals surface area (Å²) in [6.45, 7) is -1.83. The van der Waals surface area contributed by atoms with Gasteiger partial charge in [-0.2, -0.15) is 32.1 Å². The van der Waals surface area contributed by atoms with E-state index in [0.29, 0.717) is 0 Å². The molecule has 126 valence electrons. The summed E-state index contributed by atoms with van der Waals surface area (Å²) in [6.07, 6.45) is -5.97. The van der Waals surface area contributed by atoms with Crippen LogP contribution in [0.3, 0.4) is 0 Å². The van der Waals surface area contributed by atoms with Crippen LogP contribution >= 0.6 is 0 Å². The summed E-state index contributed by atoms with van der Waals surface area (Å²) in [7, 11) is 0. The van der Waals surface area contributed by atoms with E-state index >= 15 is 0 Å². The van der Waals surface area contributed by atoms with Crippen molar-refractivity contribution in [1.29, 1.82) is 0 Å². The number of amides is 1. The van der Waals surface area contributed by atoms with Gasteiger partial charge >= 0.3 is 12.8 Å². The third kappa shape index (κ3) is 3.26. The average molecular weight is 338 g/mol. The fourth-order valence-corrected chi connectivity index (χ4v) is 2.06. The summed E-state index contributed by atoms with van der Waals surface area (Å²) in [5.41, 5.74) is -3.78. The molecule has 0 radical (unpaired) electrons. The highest BCUT2D eigenvalue weighted by molar-refractivity contribution is 5.97. The standard InChI is InChI=1S/C13H11F5N2O3/c1-7-6-12(22,13(16,17)18)20(19-7)10(21)8-2-4-9(5-3-8)23-11(14)15/h2-5,11,22H,6H2,1H3. The fourth-order valence-electron chi connectivity index (χ4n) is 2.06. The molecule has 23 heavy (non-hydrogen) atoms. The van der Waals surface area contributed by atoms with E-state index < -0.39 is 30.8 Å². The van der Waals surface area contributed by atoms with E-state index in [4.69, 9.17) is 0 Å². The zero-order valence-corrected chi connectivity index (χ0v) is 11.6. The maximum atomic E-state index is 13.0. The minimum atomic E-state index is -5.11. The lowest BCUT2D eigenvalue weighted by Gasteiger charge is -2.32. The quantitative estimate of drug-likeness (QED) is 0.862. The molecule has 0 bridgehead atoms. The minimum absolute atomic E-state index is 0.0503. The molecule has 1 N–H and O–H groups in total. The van der Waals surface area contributed by atoms with Gasteiger partial charge in [-0.15, -0.1) is 0 Å². The van der Waals surface area contributed by atoms with Gasteiger partial charge < -0.3 is 9.84 Å². The molecule has 0 fully saturated rings. The molecule has 1 unspecified atom stereocenters. The van der Waals surface area contributed by atoms with Crippen LogP contribution in [-0.4, -0.2) is 40.2 Å². The van der Waals surface area contributed by atoms with E-state index in [-0.39, 0.29) is 22.0 Å². The topological polar surface area (TPSA) is 62.1 Å².